The van der Waals surface area contributed by atoms with Gasteiger partial charge in [-0.3, -0.25) is 4.79 Å². The summed E-state index contributed by atoms with van der Waals surface area (Å²) in [6, 6.07) is 17.4. The van der Waals surface area contributed by atoms with Crippen molar-refractivity contribution in [2.75, 3.05) is 14.1 Å². The second-order valence-corrected chi connectivity index (χ2v) is 8.46. The lowest BCUT2D eigenvalue weighted by Crippen LogP contribution is -2.41. The second-order valence-electron chi connectivity index (χ2n) is 8.46. The third-order valence-corrected chi connectivity index (χ3v) is 6.24. The Morgan fingerprint density at radius 1 is 1.03 bits per heavy atom. The summed E-state index contributed by atoms with van der Waals surface area (Å²) in [7, 11) is 4.13. The van der Waals surface area contributed by atoms with Crippen molar-refractivity contribution in [3.63, 3.8) is 0 Å². The highest BCUT2D eigenvalue weighted by atomic mass is 19.1. The topological polar surface area (TPSA) is 32.3 Å². The largest absolute Gasteiger partial charge is 0.353 e. The van der Waals surface area contributed by atoms with E-state index in [0.717, 1.165) is 43.2 Å². The zero-order valence-corrected chi connectivity index (χ0v) is 17.8. The lowest BCUT2D eigenvalue weighted by atomic mass is 9.78. The maximum atomic E-state index is 13.7. The zero-order valence-electron chi connectivity index (χ0n) is 17.8. The van der Waals surface area contributed by atoms with Crippen LogP contribution in [0.15, 0.2) is 54.6 Å². The van der Waals surface area contributed by atoms with Crippen molar-refractivity contribution in [3.05, 3.63) is 71.5 Å². The van der Waals surface area contributed by atoms with E-state index in [1.54, 1.807) is 12.1 Å². The van der Waals surface area contributed by atoms with Crippen LogP contribution in [0.5, 0.6) is 0 Å². The van der Waals surface area contributed by atoms with Gasteiger partial charge in [-0.25, -0.2) is 4.39 Å². The lowest BCUT2D eigenvalue weighted by Gasteiger charge is -2.38. The fraction of sp³-hybridized carbons (Fsp3) is 0.480. The first-order valence-corrected chi connectivity index (χ1v) is 10.8. The predicted molar refractivity (Wildman–Crippen MR) is 116 cm³/mol. The summed E-state index contributed by atoms with van der Waals surface area (Å²) in [6.07, 6.45) is 4.81. The molecule has 2 atom stereocenters. The van der Waals surface area contributed by atoms with E-state index >= 15 is 0 Å². The summed E-state index contributed by atoms with van der Waals surface area (Å²) in [5, 5.41) is 3.29. The summed E-state index contributed by atoms with van der Waals surface area (Å²) in [5.74, 6) is 0.338. The molecule has 0 radical (unpaired) electrons. The van der Waals surface area contributed by atoms with Gasteiger partial charge in [0, 0.05) is 12.1 Å². The molecule has 156 valence electrons. The van der Waals surface area contributed by atoms with E-state index in [-0.39, 0.29) is 29.7 Å². The predicted octanol–water partition coefficient (Wildman–Crippen LogP) is 5.30. The van der Waals surface area contributed by atoms with E-state index in [1.165, 1.54) is 6.07 Å². The van der Waals surface area contributed by atoms with Crippen molar-refractivity contribution in [2.24, 2.45) is 5.92 Å². The maximum Gasteiger partial charge on any atom is 0.227 e. The van der Waals surface area contributed by atoms with Gasteiger partial charge in [0.25, 0.3) is 0 Å². The van der Waals surface area contributed by atoms with Gasteiger partial charge >= 0.3 is 0 Å². The molecule has 4 heteroatoms. The van der Waals surface area contributed by atoms with Crippen LogP contribution in [0.3, 0.4) is 0 Å². The molecule has 0 aliphatic heterocycles. The smallest absolute Gasteiger partial charge is 0.227 e. The Balaban J connectivity index is 1.60. The summed E-state index contributed by atoms with van der Waals surface area (Å²) in [6.45, 7) is 2.06. The minimum Gasteiger partial charge on any atom is -0.353 e. The van der Waals surface area contributed by atoms with Crippen molar-refractivity contribution in [2.45, 2.75) is 57.0 Å². The van der Waals surface area contributed by atoms with Crippen LogP contribution in [0.4, 0.5) is 4.39 Å². The van der Waals surface area contributed by atoms with Gasteiger partial charge in [0.1, 0.15) is 5.82 Å². The number of carbonyl (C=O) groups is 1. The molecule has 1 fully saturated rings. The van der Waals surface area contributed by atoms with Gasteiger partial charge in [0.15, 0.2) is 0 Å². The van der Waals surface area contributed by atoms with Crippen LogP contribution in [-0.4, -0.2) is 30.9 Å². The van der Waals surface area contributed by atoms with Gasteiger partial charge < -0.3 is 10.2 Å². The summed E-state index contributed by atoms with van der Waals surface area (Å²) in [5.41, 5.74) is 2.12. The third-order valence-electron chi connectivity index (χ3n) is 6.24. The van der Waals surface area contributed by atoms with Crippen LogP contribution in [0.1, 0.15) is 62.1 Å². The van der Waals surface area contributed by atoms with Crippen molar-refractivity contribution in [1.82, 2.24) is 10.2 Å². The second kappa shape index (κ2) is 10.0. The Morgan fingerprint density at radius 3 is 2.28 bits per heavy atom. The van der Waals surface area contributed by atoms with E-state index in [4.69, 9.17) is 0 Å². The average Bonchev–Trinajstić information content (AvgIpc) is 2.71. The molecule has 1 N–H and O–H groups in total. The number of rotatable bonds is 7. The fourth-order valence-corrected chi connectivity index (χ4v) is 4.82. The number of halogens is 1. The number of carbonyl (C=O) groups excluding carboxylic acids is 1. The zero-order chi connectivity index (χ0) is 20.8. The van der Waals surface area contributed by atoms with E-state index in [1.807, 2.05) is 36.4 Å². The molecule has 1 aliphatic rings. The highest BCUT2D eigenvalue weighted by Gasteiger charge is 2.31. The Kier molecular flexibility index (Phi) is 7.43. The van der Waals surface area contributed by atoms with Gasteiger partial charge in [0.05, 0.1) is 5.92 Å². The van der Waals surface area contributed by atoms with Crippen LogP contribution in [0, 0.1) is 11.7 Å². The molecule has 1 amide bonds. The van der Waals surface area contributed by atoms with Gasteiger partial charge in [0.2, 0.25) is 5.91 Å². The monoisotopic (exact) mass is 396 g/mol. The fourth-order valence-electron chi connectivity index (χ4n) is 4.82. The number of amides is 1. The van der Waals surface area contributed by atoms with E-state index in [9.17, 15) is 9.18 Å². The third kappa shape index (κ3) is 5.45. The number of hydrogen-bond donors (Lipinski definition) is 1. The highest BCUT2D eigenvalue weighted by Crippen LogP contribution is 2.37. The molecule has 0 saturated heterocycles. The van der Waals surface area contributed by atoms with Crippen molar-refractivity contribution in [3.8, 4) is 0 Å². The molecule has 0 heterocycles. The van der Waals surface area contributed by atoms with Gasteiger partial charge in [-0.05, 0) is 75.4 Å². The number of nitrogens with one attached hydrogen (secondary N) is 1. The molecule has 3 rings (SSSR count). The Morgan fingerprint density at radius 2 is 1.69 bits per heavy atom. The van der Waals surface area contributed by atoms with Crippen molar-refractivity contribution >= 4 is 5.91 Å². The van der Waals surface area contributed by atoms with E-state index in [2.05, 4.69) is 31.2 Å². The molecule has 2 aromatic rings. The van der Waals surface area contributed by atoms with Crippen molar-refractivity contribution in [1.29, 1.82) is 0 Å². The molecule has 1 saturated carbocycles. The number of benzene rings is 2. The Labute approximate surface area is 174 Å². The standard InChI is InChI=1S/C25H33FN2O/c1-4-23(18-9-6-5-7-10-18)25(29)27-22-15-13-19(14-16-22)24(28(2)3)20-11-8-12-21(26)17-20/h5-12,17,19,22-24H,4,13-16H2,1-3H3,(H,27,29). The summed E-state index contributed by atoms with van der Waals surface area (Å²) in [4.78, 5) is 15.1. The van der Waals surface area contributed by atoms with Crippen LogP contribution >= 0.6 is 0 Å². The van der Waals surface area contributed by atoms with Crippen LogP contribution in [-0.2, 0) is 4.79 Å². The number of hydrogen-bond acceptors (Lipinski definition) is 2. The molecular weight excluding hydrogens is 363 g/mol. The first-order chi connectivity index (χ1) is 14.0. The molecule has 1 aliphatic carbocycles. The Hall–Kier alpha value is -2.20. The van der Waals surface area contributed by atoms with Gasteiger partial charge in [-0.15, -0.1) is 0 Å². The normalized spacial score (nSPS) is 21.6. The highest BCUT2D eigenvalue weighted by molar-refractivity contribution is 5.83. The SMILES string of the molecule is CCC(C(=O)NC1CCC(C(c2cccc(F)c2)N(C)C)CC1)c1ccccc1. The molecule has 29 heavy (non-hydrogen) atoms. The van der Waals surface area contributed by atoms with Crippen LogP contribution in [0.2, 0.25) is 0 Å². The molecule has 0 bridgehead atoms. The molecule has 0 spiro atoms. The van der Waals surface area contributed by atoms with E-state index in [0.29, 0.717) is 5.92 Å². The number of nitrogens with zero attached hydrogens (tertiary/aromatic N) is 1. The summed E-state index contributed by atoms with van der Waals surface area (Å²) < 4.78 is 13.7. The van der Waals surface area contributed by atoms with Crippen molar-refractivity contribution < 1.29 is 9.18 Å². The Bertz CT molecular complexity index is 784. The van der Waals surface area contributed by atoms with Gasteiger partial charge in [-0.2, -0.15) is 0 Å². The first kappa shape index (κ1) is 21.5. The van der Waals surface area contributed by atoms with Crippen LogP contribution in [0.25, 0.3) is 0 Å². The molecular formula is C25H33FN2O. The molecule has 2 aromatic carbocycles. The van der Waals surface area contributed by atoms with E-state index < -0.39 is 0 Å². The summed E-state index contributed by atoms with van der Waals surface area (Å²) >= 11 is 0. The minimum absolute atomic E-state index is 0.0873. The molecule has 2 unspecified atom stereocenters. The minimum atomic E-state index is -0.179. The maximum absolute atomic E-state index is 13.7. The van der Waals surface area contributed by atoms with Crippen LogP contribution < -0.4 is 5.32 Å². The molecule has 0 aromatic heterocycles. The quantitative estimate of drug-likeness (QED) is 0.689. The van der Waals surface area contributed by atoms with Gasteiger partial charge in [-0.1, -0.05) is 49.4 Å². The lowest BCUT2D eigenvalue weighted by molar-refractivity contribution is -0.123. The average molecular weight is 397 g/mol. The molecule has 3 nitrogen and oxygen atoms in total. The first-order valence-electron chi connectivity index (χ1n) is 10.8.